The van der Waals surface area contributed by atoms with E-state index < -0.39 is 5.82 Å². The molecule has 0 fully saturated rings. The van der Waals surface area contributed by atoms with Crippen molar-refractivity contribution in [3.05, 3.63) is 57.8 Å². The van der Waals surface area contributed by atoms with E-state index in [1.807, 2.05) is 6.07 Å². The fourth-order valence-corrected chi connectivity index (χ4v) is 2.33. The number of Topliss-reactive ketones (excluding diaryl/α,β-unsaturated/α-hetero) is 1. The molecule has 2 aromatic rings. The molecule has 5 heteroatoms. The SMILES string of the molecule is COc1ccc(Br)cc1CC(=O)c1cc(F)ccc1N. The van der Waals surface area contributed by atoms with E-state index in [4.69, 9.17) is 10.5 Å². The maximum atomic E-state index is 13.2. The lowest BCUT2D eigenvalue weighted by Crippen LogP contribution is -2.08. The van der Waals surface area contributed by atoms with Crippen molar-refractivity contribution in [1.29, 1.82) is 0 Å². The minimum Gasteiger partial charge on any atom is -0.496 e. The highest BCUT2D eigenvalue weighted by Crippen LogP contribution is 2.25. The Bertz CT molecular complexity index is 658. The van der Waals surface area contributed by atoms with E-state index in [0.717, 1.165) is 16.1 Å². The van der Waals surface area contributed by atoms with E-state index in [1.54, 1.807) is 12.1 Å². The summed E-state index contributed by atoms with van der Waals surface area (Å²) in [5.74, 6) is -0.126. The Morgan fingerprint density at radius 2 is 2.05 bits per heavy atom. The fraction of sp³-hybridized carbons (Fsp3) is 0.133. The van der Waals surface area contributed by atoms with Crippen LogP contribution >= 0.6 is 15.9 Å². The number of ketones is 1. The fourth-order valence-electron chi connectivity index (χ4n) is 1.92. The van der Waals surface area contributed by atoms with E-state index in [2.05, 4.69) is 15.9 Å². The van der Waals surface area contributed by atoms with Crippen molar-refractivity contribution in [2.75, 3.05) is 12.8 Å². The first-order valence-electron chi connectivity index (χ1n) is 5.92. The van der Waals surface area contributed by atoms with Crippen LogP contribution in [-0.2, 0) is 6.42 Å². The summed E-state index contributed by atoms with van der Waals surface area (Å²) in [5.41, 5.74) is 6.89. The molecule has 2 aromatic carbocycles. The highest BCUT2D eigenvalue weighted by molar-refractivity contribution is 9.10. The van der Waals surface area contributed by atoms with Gasteiger partial charge in [0.25, 0.3) is 0 Å². The second-order valence-corrected chi connectivity index (χ2v) is 5.20. The Labute approximate surface area is 124 Å². The monoisotopic (exact) mass is 337 g/mol. The topological polar surface area (TPSA) is 52.3 Å². The van der Waals surface area contributed by atoms with E-state index in [1.165, 1.54) is 19.2 Å². The molecule has 2 rings (SSSR count). The number of carbonyl (C=O) groups excluding carboxylic acids is 1. The molecular weight excluding hydrogens is 325 g/mol. The molecular formula is C15H13BrFNO2. The number of nitrogen functional groups attached to an aromatic ring is 1. The van der Waals surface area contributed by atoms with Gasteiger partial charge in [0, 0.05) is 27.7 Å². The minimum atomic E-state index is -0.483. The smallest absolute Gasteiger partial charge is 0.169 e. The van der Waals surface area contributed by atoms with Gasteiger partial charge in [0.1, 0.15) is 11.6 Å². The van der Waals surface area contributed by atoms with Crippen LogP contribution in [0.3, 0.4) is 0 Å². The summed E-state index contributed by atoms with van der Waals surface area (Å²) in [5, 5.41) is 0. The largest absolute Gasteiger partial charge is 0.496 e. The molecule has 0 heterocycles. The molecule has 0 amide bonds. The van der Waals surface area contributed by atoms with Gasteiger partial charge in [-0.2, -0.15) is 0 Å². The van der Waals surface area contributed by atoms with Gasteiger partial charge in [-0.15, -0.1) is 0 Å². The van der Waals surface area contributed by atoms with Crippen molar-refractivity contribution < 1.29 is 13.9 Å². The van der Waals surface area contributed by atoms with Gasteiger partial charge in [0.05, 0.1) is 7.11 Å². The number of methoxy groups -OCH3 is 1. The third-order valence-electron chi connectivity index (χ3n) is 2.91. The van der Waals surface area contributed by atoms with Gasteiger partial charge in [-0.25, -0.2) is 4.39 Å². The number of halogens is 2. The van der Waals surface area contributed by atoms with Crippen molar-refractivity contribution >= 4 is 27.4 Å². The molecule has 2 N–H and O–H groups in total. The van der Waals surface area contributed by atoms with Gasteiger partial charge >= 0.3 is 0 Å². The molecule has 0 aliphatic carbocycles. The molecule has 0 aliphatic heterocycles. The van der Waals surface area contributed by atoms with Gasteiger partial charge in [-0.3, -0.25) is 4.79 Å². The molecule has 20 heavy (non-hydrogen) atoms. The number of hydrogen-bond donors (Lipinski definition) is 1. The summed E-state index contributed by atoms with van der Waals surface area (Å²) >= 11 is 3.35. The van der Waals surface area contributed by atoms with Gasteiger partial charge < -0.3 is 10.5 Å². The molecule has 0 aliphatic rings. The van der Waals surface area contributed by atoms with Crippen LogP contribution in [0.5, 0.6) is 5.75 Å². The van der Waals surface area contributed by atoms with Crippen molar-refractivity contribution in [3.63, 3.8) is 0 Å². The number of nitrogens with two attached hydrogens (primary N) is 1. The molecule has 3 nitrogen and oxygen atoms in total. The quantitative estimate of drug-likeness (QED) is 0.685. The van der Waals surface area contributed by atoms with Gasteiger partial charge in [0.15, 0.2) is 5.78 Å². The Kier molecular flexibility index (Phi) is 4.39. The number of carbonyl (C=O) groups is 1. The number of benzene rings is 2. The van der Waals surface area contributed by atoms with E-state index in [-0.39, 0.29) is 23.5 Å². The number of anilines is 1. The molecule has 104 valence electrons. The maximum Gasteiger partial charge on any atom is 0.169 e. The van der Waals surface area contributed by atoms with Crippen molar-refractivity contribution in [1.82, 2.24) is 0 Å². The molecule has 0 unspecified atom stereocenters. The summed E-state index contributed by atoms with van der Waals surface area (Å²) < 4.78 is 19.3. The highest BCUT2D eigenvalue weighted by atomic mass is 79.9. The van der Waals surface area contributed by atoms with Crippen LogP contribution in [-0.4, -0.2) is 12.9 Å². The molecule has 0 atom stereocenters. The molecule has 0 bridgehead atoms. The summed E-state index contributed by atoms with van der Waals surface area (Å²) in [7, 11) is 1.54. The van der Waals surface area contributed by atoms with Crippen molar-refractivity contribution in [2.45, 2.75) is 6.42 Å². The lowest BCUT2D eigenvalue weighted by atomic mass is 10.0. The maximum absolute atomic E-state index is 13.2. The Balaban J connectivity index is 2.32. The van der Waals surface area contributed by atoms with Crippen LogP contribution in [0.15, 0.2) is 40.9 Å². The normalized spacial score (nSPS) is 10.3. The number of hydrogen-bond acceptors (Lipinski definition) is 3. The lowest BCUT2D eigenvalue weighted by molar-refractivity contribution is 0.0992. The van der Waals surface area contributed by atoms with E-state index >= 15 is 0 Å². The molecule has 0 aromatic heterocycles. The van der Waals surface area contributed by atoms with E-state index in [9.17, 15) is 9.18 Å². The van der Waals surface area contributed by atoms with Crippen LogP contribution in [0.4, 0.5) is 10.1 Å². The molecule has 0 spiro atoms. The Morgan fingerprint density at radius 1 is 1.30 bits per heavy atom. The number of rotatable bonds is 4. The highest BCUT2D eigenvalue weighted by Gasteiger charge is 2.14. The number of ether oxygens (including phenoxy) is 1. The van der Waals surface area contributed by atoms with E-state index in [0.29, 0.717) is 5.75 Å². The van der Waals surface area contributed by atoms with Crippen LogP contribution in [0, 0.1) is 5.82 Å². The summed E-state index contributed by atoms with van der Waals surface area (Å²) in [4.78, 5) is 12.2. The van der Waals surface area contributed by atoms with Gasteiger partial charge in [0.2, 0.25) is 0 Å². The van der Waals surface area contributed by atoms with Gasteiger partial charge in [-0.1, -0.05) is 15.9 Å². The Morgan fingerprint density at radius 3 is 2.75 bits per heavy atom. The summed E-state index contributed by atoms with van der Waals surface area (Å²) in [6.45, 7) is 0. The molecule has 0 saturated heterocycles. The predicted molar refractivity (Wildman–Crippen MR) is 79.5 cm³/mol. The first kappa shape index (κ1) is 14.5. The lowest BCUT2D eigenvalue weighted by Gasteiger charge is -2.09. The first-order valence-corrected chi connectivity index (χ1v) is 6.71. The average Bonchev–Trinajstić information content (AvgIpc) is 2.41. The van der Waals surface area contributed by atoms with Crippen LogP contribution in [0.1, 0.15) is 15.9 Å². The van der Waals surface area contributed by atoms with Crippen LogP contribution in [0.2, 0.25) is 0 Å². The Hall–Kier alpha value is -1.88. The standard InChI is InChI=1S/C15H13BrFNO2/c1-20-15-5-2-10(16)6-9(15)7-14(19)12-8-11(17)3-4-13(12)18/h2-6,8H,7,18H2,1H3. The second kappa shape index (κ2) is 6.05. The average molecular weight is 338 g/mol. The summed E-state index contributed by atoms with van der Waals surface area (Å²) in [6, 6.07) is 9.16. The van der Waals surface area contributed by atoms with Crippen LogP contribution in [0.25, 0.3) is 0 Å². The van der Waals surface area contributed by atoms with Crippen molar-refractivity contribution in [3.8, 4) is 5.75 Å². The minimum absolute atomic E-state index is 0.0935. The zero-order chi connectivity index (χ0) is 14.7. The molecule has 0 radical (unpaired) electrons. The van der Waals surface area contributed by atoms with Crippen LogP contribution < -0.4 is 10.5 Å². The van der Waals surface area contributed by atoms with Crippen molar-refractivity contribution in [2.24, 2.45) is 0 Å². The third kappa shape index (κ3) is 3.17. The third-order valence-corrected chi connectivity index (χ3v) is 3.40. The zero-order valence-electron chi connectivity index (χ0n) is 10.8. The zero-order valence-corrected chi connectivity index (χ0v) is 12.4. The molecule has 0 saturated carbocycles. The first-order chi connectivity index (χ1) is 9.51. The predicted octanol–water partition coefficient (Wildman–Crippen LogP) is 3.60. The van der Waals surface area contributed by atoms with Gasteiger partial charge in [-0.05, 0) is 36.4 Å². The second-order valence-electron chi connectivity index (χ2n) is 4.29. The summed E-state index contributed by atoms with van der Waals surface area (Å²) in [6.07, 6.45) is 0.0935.